The highest BCUT2D eigenvalue weighted by Gasteiger charge is 2.42. The van der Waals surface area contributed by atoms with Crippen LogP contribution in [0.15, 0.2) is 24.3 Å². The van der Waals surface area contributed by atoms with Crippen molar-refractivity contribution >= 4 is 17.0 Å². The Morgan fingerprint density at radius 1 is 1.29 bits per heavy atom. The third-order valence-corrected chi connectivity index (χ3v) is 4.57. The summed E-state index contributed by atoms with van der Waals surface area (Å²) in [6.45, 7) is 0.471. The fourth-order valence-corrected chi connectivity index (χ4v) is 3.43. The first kappa shape index (κ1) is 14.1. The van der Waals surface area contributed by atoms with Crippen LogP contribution in [0.4, 0.5) is 0 Å². The van der Waals surface area contributed by atoms with Gasteiger partial charge in [0.15, 0.2) is 0 Å². The Bertz CT molecular complexity index is 657. The molecule has 0 amide bonds. The molecule has 2 aromatic rings. The molecule has 21 heavy (non-hydrogen) atoms. The molecule has 0 unspecified atom stereocenters. The molecule has 0 spiro atoms. The fraction of sp³-hybridized carbons (Fsp3) is 0.500. The number of hydrogen-bond acceptors (Lipinski definition) is 3. The first-order valence-corrected chi connectivity index (χ1v) is 7.45. The molecule has 2 N–H and O–H groups in total. The number of aliphatic carboxylic acids is 1. The van der Waals surface area contributed by atoms with Crippen LogP contribution in [0.2, 0.25) is 0 Å². The predicted molar refractivity (Wildman–Crippen MR) is 79.1 cm³/mol. The summed E-state index contributed by atoms with van der Waals surface area (Å²) in [5, 5.41) is 18.9. The molecule has 5 nitrogen and oxygen atoms in total. The zero-order valence-electron chi connectivity index (χ0n) is 12.0. The minimum Gasteiger partial charge on any atom is -0.481 e. The van der Waals surface area contributed by atoms with Crippen LogP contribution >= 0.6 is 0 Å². The lowest BCUT2D eigenvalue weighted by Crippen LogP contribution is -2.31. The van der Waals surface area contributed by atoms with Gasteiger partial charge in [-0.2, -0.15) is 0 Å². The smallest absolute Gasteiger partial charge is 0.310 e. The van der Waals surface area contributed by atoms with Crippen molar-refractivity contribution in [2.45, 2.75) is 38.6 Å². The van der Waals surface area contributed by atoms with Crippen molar-refractivity contribution in [3.8, 4) is 0 Å². The number of aliphatic hydroxyl groups excluding tert-OH is 1. The van der Waals surface area contributed by atoms with Crippen molar-refractivity contribution in [1.29, 1.82) is 0 Å². The van der Waals surface area contributed by atoms with E-state index in [1.165, 1.54) is 0 Å². The van der Waals surface area contributed by atoms with Crippen molar-refractivity contribution in [2.24, 2.45) is 5.41 Å². The molecule has 1 fully saturated rings. The van der Waals surface area contributed by atoms with Gasteiger partial charge in [-0.3, -0.25) is 4.79 Å². The number of imidazole rings is 1. The number of nitrogens with zero attached hydrogens (tertiary/aromatic N) is 2. The number of carboxylic acids is 1. The van der Waals surface area contributed by atoms with Gasteiger partial charge in [-0.25, -0.2) is 4.98 Å². The van der Waals surface area contributed by atoms with Gasteiger partial charge in [-0.05, 0) is 25.0 Å². The molecule has 1 saturated carbocycles. The van der Waals surface area contributed by atoms with E-state index in [1.54, 1.807) is 0 Å². The van der Waals surface area contributed by atoms with Crippen LogP contribution in [0, 0.1) is 5.41 Å². The molecule has 0 radical (unpaired) electrons. The second kappa shape index (κ2) is 5.48. The van der Waals surface area contributed by atoms with Crippen molar-refractivity contribution in [1.82, 2.24) is 9.55 Å². The quantitative estimate of drug-likeness (QED) is 0.884. The zero-order chi connectivity index (χ0) is 14.9. The number of fused-ring (bicyclic) bond motifs is 1. The highest BCUT2D eigenvalue weighted by molar-refractivity contribution is 5.77. The minimum atomic E-state index is -0.720. The monoisotopic (exact) mass is 288 g/mol. The van der Waals surface area contributed by atoms with Crippen LogP contribution in [0.3, 0.4) is 0 Å². The highest BCUT2D eigenvalue weighted by atomic mass is 16.4. The summed E-state index contributed by atoms with van der Waals surface area (Å²) in [7, 11) is 0. The fourth-order valence-electron chi connectivity index (χ4n) is 3.43. The van der Waals surface area contributed by atoms with Gasteiger partial charge < -0.3 is 14.8 Å². The van der Waals surface area contributed by atoms with Crippen LogP contribution in [-0.2, 0) is 17.8 Å². The van der Waals surface area contributed by atoms with E-state index < -0.39 is 11.4 Å². The van der Waals surface area contributed by atoms with E-state index in [4.69, 9.17) is 0 Å². The summed E-state index contributed by atoms with van der Waals surface area (Å²) in [5.41, 5.74) is 1.13. The van der Waals surface area contributed by atoms with E-state index in [2.05, 4.69) is 4.98 Å². The molecular formula is C16H20N2O3. The van der Waals surface area contributed by atoms with Gasteiger partial charge in [0.1, 0.15) is 5.82 Å². The lowest BCUT2D eigenvalue weighted by Gasteiger charge is -2.23. The van der Waals surface area contributed by atoms with E-state index in [0.29, 0.717) is 25.8 Å². The third kappa shape index (κ3) is 2.42. The van der Waals surface area contributed by atoms with Gasteiger partial charge in [0.2, 0.25) is 0 Å². The van der Waals surface area contributed by atoms with Crippen molar-refractivity contribution < 1.29 is 15.0 Å². The second-order valence-electron chi connectivity index (χ2n) is 5.86. The molecule has 0 atom stereocenters. The van der Waals surface area contributed by atoms with Crippen molar-refractivity contribution in [3.63, 3.8) is 0 Å². The number of carboxylic acid groups (broad SMARTS) is 1. The summed E-state index contributed by atoms with van der Waals surface area (Å²) in [5.74, 6) is 0.0529. The number of benzene rings is 1. The first-order valence-electron chi connectivity index (χ1n) is 7.45. The maximum atomic E-state index is 11.7. The van der Waals surface area contributed by atoms with E-state index in [1.807, 2.05) is 28.8 Å². The summed E-state index contributed by atoms with van der Waals surface area (Å²) in [6, 6.07) is 7.74. The summed E-state index contributed by atoms with van der Waals surface area (Å²) >= 11 is 0. The average Bonchev–Trinajstić information content (AvgIpc) is 3.07. The second-order valence-corrected chi connectivity index (χ2v) is 5.86. The molecule has 5 heteroatoms. The Labute approximate surface area is 123 Å². The Hall–Kier alpha value is -1.88. The topological polar surface area (TPSA) is 75.3 Å². The standard InChI is InChI=1S/C16H20N2O3/c19-10-9-18-13-6-2-1-5-12(13)17-14(18)11-16(15(20)21)7-3-4-8-16/h1-2,5-6,19H,3-4,7-11H2,(H,20,21). The molecule has 112 valence electrons. The SMILES string of the molecule is O=C(O)C1(Cc2nc3ccccc3n2CCO)CCCC1. The number of para-hydroxylation sites is 2. The summed E-state index contributed by atoms with van der Waals surface area (Å²) < 4.78 is 1.96. The highest BCUT2D eigenvalue weighted by Crippen LogP contribution is 2.41. The lowest BCUT2D eigenvalue weighted by atomic mass is 9.82. The molecule has 1 aromatic carbocycles. The minimum absolute atomic E-state index is 0.0213. The van der Waals surface area contributed by atoms with Gasteiger partial charge in [0, 0.05) is 13.0 Å². The van der Waals surface area contributed by atoms with E-state index in [0.717, 1.165) is 29.7 Å². The molecule has 0 aliphatic heterocycles. The molecule has 3 rings (SSSR count). The molecule has 1 aliphatic rings. The Balaban J connectivity index is 2.03. The first-order chi connectivity index (χ1) is 10.2. The van der Waals surface area contributed by atoms with Gasteiger partial charge in [0.25, 0.3) is 0 Å². The molecule has 0 saturated heterocycles. The molecule has 1 aromatic heterocycles. The van der Waals surface area contributed by atoms with Gasteiger partial charge in [0.05, 0.1) is 23.1 Å². The molecule has 1 heterocycles. The van der Waals surface area contributed by atoms with E-state index >= 15 is 0 Å². The van der Waals surface area contributed by atoms with Crippen molar-refractivity contribution in [2.75, 3.05) is 6.61 Å². The Morgan fingerprint density at radius 2 is 2.00 bits per heavy atom. The van der Waals surface area contributed by atoms with Crippen LogP contribution < -0.4 is 0 Å². The maximum absolute atomic E-state index is 11.7. The van der Waals surface area contributed by atoms with E-state index in [-0.39, 0.29) is 6.61 Å². The number of aliphatic hydroxyl groups is 1. The van der Waals surface area contributed by atoms with Crippen LogP contribution in [0.1, 0.15) is 31.5 Å². The van der Waals surface area contributed by atoms with Crippen LogP contribution in [-0.4, -0.2) is 32.3 Å². The number of hydrogen-bond donors (Lipinski definition) is 2. The molecule has 0 bridgehead atoms. The normalized spacial score (nSPS) is 17.4. The largest absolute Gasteiger partial charge is 0.481 e. The summed E-state index contributed by atoms with van der Waals surface area (Å²) in [4.78, 5) is 16.3. The predicted octanol–water partition coefficient (Wildman–Crippen LogP) is 2.22. The third-order valence-electron chi connectivity index (χ3n) is 4.57. The number of carbonyl (C=O) groups is 1. The number of aromatic nitrogens is 2. The average molecular weight is 288 g/mol. The zero-order valence-corrected chi connectivity index (χ0v) is 12.0. The van der Waals surface area contributed by atoms with Gasteiger partial charge in [-0.15, -0.1) is 0 Å². The van der Waals surface area contributed by atoms with Crippen LogP contribution in [0.25, 0.3) is 11.0 Å². The molecular weight excluding hydrogens is 268 g/mol. The van der Waals surface area contributed by atoms with Gasteiger partial charge in [-0.1, -0.05) is 25.0 Å². The molecule has 1 aliphatic carbocycles. The van der Waals surface area contributed by atoms with Crippen LogP contribution in [0.5, 0.6) is 0 Å². The van der Waals surface area contributed by atoms with E-state index in [9.17, 15) is 15.0 Å². The van der Waals surface area contributed by atoms with Gasteiger partial charge >= 0.3 is 5.97 Å². The maximum Gasteiger partial charge on any atom is 0.310 e. The summed E-state index contributed by atoms with van der Waals surface area (Å²) in [6.07, 6.45) is 3.80. The lowest BCUT2D eigenvalue weighted by molar-refractivity contribution is -0.148. The Morgan fingerprint density at radius 3 is 2.67 bits per heavy atom. The van der Waals surface area contributed by atoms with Crippen molar-refractivity contribution in [3.05, 3.63) is 30.1 Å². The number of rotatable bonds is 5. The Kier molecular flexibility index (Phi) is 3.68.